The van der Waals surface area contributed by atoms with E-state index in [1.165, 1.54) is 23.5 Å². The lowest BCUT2D eigenvalue weighted by Gasteiger charge is -2.12. The molecule has 2 unspecified atom stereocenters. The van der Waals surface area contributed by atoms with Crippen LogP contribution < -0.4 is 16.0 Å². The lowest BCUT2D eigenvalue weighted by Crippen LogP contribution is -2.34. The molecule has 10 heteroatoms. The highest BCUT2D eigenvalue weighted by atomic mass is 32.1. The van der Waals surface area contributed by atoms with Gasteiger partial charge in [-0.1, -0.05) is 12.1 Å². The van der Waals surface area contributed by atoms with Gasteiger partial charge in [-0.05, 0) is 30.5 Å². The molecule has 156 valence electrons. The molecule has 2 atom stereocenters. The Morgan fingerprint density at radius 2 is 2.17 bits per heavy atom. The molecule has 0 saturated carbocycles. The average molecular weight is 422 g/mol. The van der Waals surface area contributed by atoms with Crippen molar-refractivity contribution in [2.24, 2.45) is 0 Å². The van der Waals surface area contributed by atoms with Gasteiger partial charge in [0.15, 0.2) is 5.13 Å². The Labute approximate surface area is 171 Å². The van der Waals surface area contributed by atoms with Crippen LogP contribution in [0.4, 0.5) is 14.3 Å². The van der Waals surface area contributed by atoms with Crippen LogP contribution in [0.2, 0.25) is 0 Å². The number of nitrogens with zero attached hydrogens (tertiary/aromatic N) is 1. The summed E-state index contributed by atoms with van der Waals surface area (Å²) in [7, 11) is 1.60. The zero-order valence-electron chi connectivity index (χ0n) is 15.9. The van der Waals surface area contributed by atoms with E-state index in [4.69, 9.17) is 9.47 Å². The van der Waals surface area contributed by atoms with Gasteiger partial charge in [-0.2, -0.15) is 0 Å². The van der Waals surface area contributed by atoms with E-state index in [1.54, 1.807) is 24.6 Å². The van der Waals surface area contributed by atoms with Gasteiger partial charge in [0.05, 0.1) is 24.9 Å². The van der Waals surface area contributed by atoms with Crippen molar-refractivity contribution in [1.82, 2.24) is 15.6 Å². The zero-order valence-corrected chi connectivity index (χ0v) is 16.8. The van der Waals surface area contributed by atoms with E-state index in [-0.39, 0.29) is 30.9 Å². The van der Waals surface area contributed by atoms with Gasteiger partial charge in [0.2, 0.25) is 5.91 Å². The molecule has 3 amide bonds. The van der Waals surface area contributed by atoms with Crippen molar-refractivity contribution in [3.05, 3.63) is 46.7 Å². The van der Waals surface area contributed by atoms with Gasteiger partial charge in [-0.15, -0.1) is 11.3 Å². The van der Waals surface area contributed by atoms with Crippen LogP contribution in [-0.2, 0) is 27.4 Å². The molecule has 0 spiro atoms. The number of hydrogen-bond acceptors (Lipinski definition) is 6. The standard InChI is InChI=1S/C19H23FN4O4S/c1-27-10-15-5-6-16(28-15)17(25)21-9-14-11-29-19(23-14)24-18(26)22-8-12-3-2-4-13(20)7-12/h2-4,7,11,15-16H,5-6,8-10H2,1H3,(H,21,25)(H2,22,23,24,26). The largest absolute Gasteiger partial charge is 0.382 e. The lowest BCUT2D eigenvalue weighted by molar-refractivity contribution is -0.133. The fourth-order valence-electron chi connectivity index (χ4n) is 2.91. The smallest absolute Gasteiger partial charge is 0.321 e. The summed E-state index contributed by atoms with van der Waals surface area (Å²) in [5.74, 6) is -0.535. The second-order valence-electron chi connectivity index (χ2n) is 6.58. The monoisotopic (exact) mass is 422 g/mol. The molecule has 1 aliphatic rings. The number of nitrogens with one attached hydrogen (secondary N) is 3. The Kier molecular flexibility index (Phi) is 7.50. The van der Waals surface area contributed by atoms with Crippen LogP contribution in [0.3, 0.4) is 0 Å². The van der Waals surface area contributed by atoms with Crippen LogP contribution in [0.15, 0.2) is 29.6 Å². The molecule has 1 fully saturated rings. The predicted octanol–water partition coefficient (Wildman–Crippen LogP) is 2.41. The number of thiazole rings is 1. The minimum absolute atomic E-state index is 0.0447. The number of hydrogen-bond donors (Lipinski definition) is 3. The third-order valence-electron chi connectivity index (χ3n) is 4.31. The quantitative estimate of drug-likeness (QED) is 0.607. The number of anilines is 1. The molecule has 2 heterocycles. The molecular weight excluding hydrogens is 399 g/mol. The van der Waals surface area contributed by atoms with E-state index >= 15 is 0 Å². The molecule has 1 aromatic heterocycles. The maximum atomic E-state index is 13.1. The summed E-state index contributed by atoms with van der Waals surface area (Å²) >= 11 is 1.25. The van der Waals surface area contributed by atoms with E-state index in [1.807, 2.05) is 0 Å². The third kappa shape index (κ3) is 6.48. The highest BCUT2D eigenvalue weighted by molar-refractivity contribution is 7.13. The number of aromatic nitrogens is 1. The minimum Gasteiger partial charge on any atom is -0.382 e. The molecule has 1 saturated heterocycles. The maximum absolute atomic E-state index is 13.1. The Morgan fingerprint density at radius 1 is 1.31 bits per heavy atom. The van der Waals surface area contributed by atoms with Crippen LogP contribution in [0.1, 0.15) is 24.1 Å². The van der Waals surface area contributed by atoms with Gasteiger partial charge in [-0.3, -0.25) is 10.1 Å². The topological polar surface area (TPSA) is 102 Å². The number of ether oxygens (including phenoxy) is 2. The van der Waals surface area contributed by atoms with Gasteiger partial charge in [-0.25, -0.2) is 14.2 Å². The summed E-state index contributed by atoms with van der Waals surface area (Å²) < 4.78 is 23.8. The van der Waals surface area contributed by atoms with Crippen molar-refractivity contribution in [2.45, 2.75) is 38.1 Å². The second kappa shape index (κ2) is 10.3. The normalized spacial score (nSPS) is 18.4. The molecule has 2 aromatic rings. The fourth-order valence-corrected chi connectivity index (χ4v) is 3.62. The number of benzene rings is 1. The molecule has 0 bridgehead atoms. The third-order valence-corrected chi connectivity index (χ3v) is 5.12. The van der Waals surface area contributed by atoms with Crippen molar-refractivity contribution in [3.8, 4) is 0 Å². The molecule has 0 aliphatic carbocycles. The van der Waals surface area contributed by atoms with Crippen LogP contribution >= 0.6 is 11.3 Å². The first-order valence-electron chi connectivity index (χ1n) is 9.19. The molecule has 0 radical (unpaired) electrons. The van der Waals surface area contributed by atoms with Crippen molar-refractivity contribution in [1.29, 1.82) is 0 Å². The maximum Gasteiger partial charge on any atom is 0.321 e. The number of urea groups is 1. The molecule has 29 heavy (non-hydrogen) atoms. The Morgan fingerprint density at radius 3 is 2.97 bits per heavy atom. The van der Waals surface area contributed by atoms with Crippen molar-refractivity contribution >= 4 is 28.4 Å². The molecule has 1 aromatic carbocycles. The van der Waals surface area contributed by atoms with Crippen LogP contribution in [0.5, 0.6) is 0 Å². The van der Waals surface area contributed by atoms with Crippen LogP contribution in [0, 0.1) is 5.82 Å². The highest BCUT2D eigenvalue weighted by Gasteiger charge is 2.30. The Hall–Kier alpha value is -2.56. The molecule has 8 nitrogen and oxygen atoms in total. The summed E-state index contributed by atoms with van der Waals surface area (Å²) in [4.78, 5) is 28.4. The van der Waals surface area contributed by atoms with Crippen molar-refractivity contribution < 1.29 is 23.5 Å². The molecule has 3 rings (SSSR count). The number of carbonyl (C=O) groups excluding carboxylic acids is 2. The average Bonchev–Trinajstić information content (AvgIpc) is 3.34. The molecular formula is C19H23FN4O4S. The van der Waals surface area contributed by atoms with Gasteiger partial charge >= 0.3 is 6.03 Å². The van der Waals surface area contributed by atoms with Gasteiger partial charge in [0.1, 0.15) is 11.9 Å². The Bertz CT molecular complexity index is 847. The summed E-state index contributed by atoms with van der Waals surface area (Å²) in [6.07, 6.45) is 0.938. The van der Waals surface area contributed by atoms with E-state index in [2.05, 4.69) is 20.9 Å². The number of methoxy groups -OCH3 is 1. The van der Waals surface area contributed by atoms with E-state index in [9.17, 15) is 14.0 Å². The van der Waals surface area contributed by atoms with Crippen molar-refractivity contribution in [3.63, 3.8) is 0 Å². The number of carbonyl (C=O) groups is 2. The molecule has 3 N–H and O–H groups in total. The van der Waals surface area contributed by atoms with Gasteiger partial charge in [0, 0.05) is 19.0 Å². The van der Waals surface area contributed by atoms with E-state index in [0.717, 1.165) is 6.42 Å². The Balaban J connectivity index is 1.40. The minimum atomic E-state index is -0.472. The summed E-state index contributed by atoms with van der Waals surface area (Å²) in [5, 5.41) is 10.2. The van der Waals surface area contributed by atoms with Crippen LogP contribution in [0.25, 0.3) is 0 Å². The second-order valence-corrected chi connectivity index (χ2v) is 7.44. The predicted molar refractivity (Wildman–Crippen MR) is 106 cm³/mol. The summed E-state index contributed by atoms with van der Waals surface area (Å²) in [5.41, 5.74) is 1.29. The number of amides is 3. The highest BCUT2D eigenvalue weighted by Crippen LogP contribution is 2.20. The first kappa shape index (κ1) is 21.2. The first-order chi connectivity index (χ1) is 14.0. The van der Waals surface area contributed by atoms with Gasteiger partial charge < -0.3 is 20.1 Å². The lowest BCUT2D eigenvalue weighted by atomic mass is 10.2. The number of rotatable bonds is 8. The number of halogens is 1. The van der Waals surface area contributed by atoms with Gasteiger partial charge in [0.25, 0.3) is 0 Å². The van der Waals surface area contributed by atoms with Crippen molar-refractivity contribution in [2.75, 3.05) is 19.0 Å². The van der Waals surface area contributed by atoms with E-state index < -0.39 is 12.1 Å². The summed E-state index contributed by atoms with van der Waals surface area (Å²) in [6, 6.07) is 5.56. The molecule has 1 aliphatic heterocycles. The first-order valence-corrected chi connectivity index (χ1v) is 10.1. The summed E-state index contributed by atoms with van der Waals surface area (Å²) in [6.45, 7) is 0.923. The van der Waals surface area contributed by atoms with E-state index in [0.29, 0.717) is 29.4 Å². The van der Waals surface area contributed by atoms with Crippen LogP contribution in [-0.4, -0.2) is 42.8 Å². The zero-order chi connectivity index (χ0) is 20.6. The fraction of sp³-hybridized carbons (Fsp3) is 0.421. The SMILES string of the molecule is COCC1CCC(C(=O)NCc2csc(NC(=O)NCc3cccc(F)c3)n2)O1.